The van der Waals surface area contributed by atoms with Gasteiger partial charge in [-0.25, -0.2) is 8.42 Å². The molecule has 0 bridgehead atoms. The number of hydrogen-bond acceptors (Lipinski definition) is 2. The maximum absolute atomic E-state index is 12.8. The SMILES string of the molecule is Cc1cc(C)cc(N(C)S(=O)(=O)c2ccc(C)cc2C)c1. The summed E-state index contributed by atoms with van der Waals surface area (Å²) in [5.74, 6) is 0. The molecular weight excluding hydrogens is 282 g/mol. The Kier molecular flexibility index (Phi) is 4.10. The summed E-state index contributed by atoms with van der Waals surface area (Å²) in [4.78, 5) is 0.356. The molecule has 0 radical (unpaired) electrons. The van der Waals surface area contributed by atoms with Crippen molar-refractivity contribution in [2.24, 2.45) is 0 Å². The summed E-state index contributed by atoms with van der Waals surface area (Å²) in [7, 11) is -1.94. The molecule has 2 aromatic rings. The first-order valence-electron chi connectivity index (χ1n) is 6.86. The molecule has 0 unspecified atom stereocenters. The van der Waals surface area contributed by atoms with Crippen LogP contribution in [0.3, 0.4) is 0 Å². The minimum absolute atomic E-state index is 0.356. The lowest BCUT2D eigenvalue weighted by Gasteiger charge is -2.21. The molecule has 2 aromatic carbocycles. The topological polar surface area (TPSA) is 37.4 Å². The number of anilines is 1. The molecule has 21 heavy (non-hydrogen) atoms. The van der Waals surface area contributed by atoms with E-state index in [1.807, 2.05) is 58.0 Å². The monoisotopic (exact) mass is 303 g/mol. The van der Waals surface area contributed by atoms with Gasteiger partial charge in [0.25, 0.3) is 10.0 Å². The van der Waals surface area contributed by atoms with Gasteiger partial charge in [0.15, 0.2) is 0 Å². The highest BCUT2D eigenvalue weighted by Crippen LogP contribution is 2.26. The van der Waals surface area contributed by atoms with Gasteiger partial charge in [-0.3, -0.25) is 4.31 Å². The minimum atomic E-state index is -3.54. The van der Waals surface area contributed by atoms with E-state index in [0.29, 0.717) is 10.6 Å². The number of rotatable bonds is 3. The molecule has 0 amide bonds. The van der Waals surface area contributed by atoms with Crippen LogP contribution in [0.25, 0.3) is 0 Å². The number of benzene rings is 2. The number of hydrogen-bond donors (Lipinski definition) is 0. The van der Waals surface area contributed by atoms with Gasteiger partial charge in [-0.1, -0.05) is 23.8 Å². The van der Waals surface area contributed by atoms with Crippen LogP contribution in [0.4, 0.5) is 5.69 Å². The second-order valence-corrected chi connectivity index (χ2v) is 7.53. The van der Waals surface area contributed by atoms with Crippen LogP contribution >= 0.6 is 0 Å². The van der Waals surface area contributed by atoms with Crippen LogP contribution in [-0.4, -0.2) is 15.5 Å². The van der Waals surface area contributed by atoms with E-state index < -0.39 is 10.0 Å². The fourth-order valence-electron chi connectivity index (χ4n) is 2.51. The van der Waals surface area contributed by atoms with Gasteiger partial charge in [0.05, 0.1) is 10.6 Å². The normalized spacial score (nSPS) is 11.5. The predicted octanol–water partition coefficient (Wildman–Crippen LogP) is 3.75. The van der Waals surface area contributed by atoms with Crippen molar-refractivity contribution in [1.29, 1.82) is 0 Å². The van der Waals surface area contributed by atoms with E-state index >= 15 is 0 Å². The van der Waals surface area contributed by atoms with E-state index in [1.54, 1.807) is 13.1 Å². The van der Waals surface area contributed by atoms with Crippen molar-refractivity contribution in [2.45, 2.75) is 32.6 Å². The molecule has 0 saturated heterocycles. The molecule has 4 heteroatoms. The van der Waals surface area contributed by atoms with Crippen LogP contribution in [0.1, 0.15) is 22.3 Å². The zero-order chi connectivity index (χ0) is 15.8. The number of nitrogens with zero attached hydrogens (tertiary/aromatic N) is 1. The summed E-state index contributed by atoms with van der Waals surface area (Å²) in [5.41, 5.74) is 4.61. The molecule has 0 aromatic heterocycles. The highest BCUT2D eigenvalue weighted by atomic mass is 32.2. The first-order chi connectivity index (χ1) is 9.71. The third kappa shape index (κ3) is 3.10. The molecule has 112 valence electrons. The fraction of sp³-hybridized carbons (Fsp3) is 0.294. The molecule has 0 aliphatic heterocycles. The van der Waals surface area contributed by atoms with Crippen LogP contribution in [-0.2, 0) is 10.0 Å². The Morgan fingerprint density at radius 1 is 0.810 bits per heavy atom. The number of sulfonamides is 1. The smallest absolute Gasteiger partial charge is 0.264 e. The van der Waals surface area contributed by atoms with Crippen molar-refractivity contribution < 1.29 is 8.42 Å². The van der Waals surface area contributed by atoms with Gasteiger partial charge in [-0.05, 0) is 62.6 Å². The molecule has 2 rings (SSSR count). The average Bonchev–Trinajstić information content (AvgIpc) is 2.36. The van der Waals surface area contributed by atoms with E-state index in [2.05, 4.69) is 0 Å². The molecule has 0 aliphatic rings. The van der Waals surface area contributed by atoms with Crippen molar-refractivity contribution in [3.63, 3.8) is 0 Å². The lowest BCUT2D eigenvalue weighted by Crippen LogP contribution is -2.27. The third-order valence-corrected chi connectivity index (χ3v) is 5.48. The predicted molar refractivity (Wildman–Crippen MR) is 87.4 cm³/mol. The van der Waals surface area contributed by atoms with Crippen molar-refractivity contribution in [3.05, 3.63) is 58.7 Å². The molecule has 0 N–H and O–H groups in total. The van der Waals surface area contributed by atoms with E-state index in [1.165, 1.54) is 4.31 Å². The van der Waals surface area contributed by atoms with Crippen molar-refractivity contribution >= 4 is 15.7 Å². The highest BCUT2D eigenvalue weighted by molar-refractivity contribution is 7.92. The van der Waals surface area contributed by atoms with Crippen molar-refractivity contribution in [1.82, 2.24) is 0 Å². The minimum Gasteiger partial charge on any atom is -0.269 e. The van der Waals surface area contributed by atoms with Crippen LogP contribution in [0.2, 0.25) is 0 Å². The maximum atomic E-state index is 12.8. The Hall–Kier alpha value is -1.81. The average molecular weight is 303 g/mol. The third-order valence-electron chi connectivity index (χ3n) is 3.54. The number of aryl methyl sites for hydroxylation is 4. The van der Waals surface area contributed by atoms with Gasteiger partial charge in [-0.15, -0.1) is 0 Å². The summed E-state index contributed by atoms with van der Waals surface area (Å²) in [5, 5.41) is 0. The van der Waals surface area contributed by atoms with Gasteiger partial charge in [0.2, 0.25) is 0 Å². The molecule has 3 nitrogen and oxygen atoms in total. The second kappa shape index (κ2) is 5.53. The first kappa shape index (κ1) is 15.6. The van der Waals surface area contributed by atoms with E-state index in [4.69, 9.17) is 0 Å². The molecule has 0 saturated carbocycles. The van der Waals surface area contributed by atoms with Gasteiger partial charge in [0, 0.05) is 7.05 Å². The Bertz CT molecular complexity index is 759. The molecule has 0 spiro atoms. The summed E-state index contributed by atoms with van der Waals surface area (Å²) < 4.78 is 27.0. The second-order valence-electron chi connectivity index (χ2n) is 5.59. The Morgan fingerprint density at radius 2 is 1.38 bits per heavy atom. The highest BCUT2D eigenvalue weighted by Gasteiger charge is 2.23. The summed E-state index contributed by atoms with van der Waals surface area (Å²) >= 11 is 0. The van der Waals surface area contributed by atoms with Crippen molar-refractivity contribution in [3.8, 4) is 0 Å². The van der Waals surface area contributed by atoms with E-state index in [0.717, 1.165) is 22.3 Å². The van der Waals surface area contributed by atoms with Crippen LogP contribution in [0.15, 0.2) is 41.3 Å². The molecular formula is C17H21NO2S. The molecule has 0 aliphatic carbocycles. The van der Waals surface area contributed by atoms with E-state index in [9.17, 15) is 8.42 Å². The summed E-state index contributed by atoms with van der Waals surface area (Å²) in [6.07, 6.45) is 0. The first-order valence-corrected chi connectivity index (χ1v) is 8.30. The Balaban J connectivity index is 2.52. The van der Waals surface area contributed by atoms with Gasteiger partial charge in [0.1, 0.15) is 0 Å². The van der Waals surface area contributed by atoms with Crippen LogP contribution in [0, 0.1) is 27.7 Å². The Morgan fingerprint density at radius 3 is 1.90 bits per heavy atom. The molecule has 0 atom stereocenters. The van der Waals surface area contributed by atoms with Gasteiger partial charge < -0.3 is 0 Å². The van der Waals surface area contributed by atoms with Gasteiger partial charge in [-0.2, -0.15) is 0 Å². The molecule has 0 heterocycles. The maximum Gasteiger partial charge on any atom is 0.264 e. The van der Waals surface area contributed by atoms with Crippen molar-refractivity contribution in [2.75, 3.05) is 11.4 Å². The summed E-state index contributed by atoms with van der Waals surface area (Å²) in [6, 6.07) is 11.2. The lowest BCUT2D eigenvalue weighted by atomic mass is 10.1. The zero-order valence-electron chi connectivity index (χ0n) is 13.1. The van der Waals surface area contributed by atoms with Gasteiger partial charge >= 0.3 is 0 Å². The molecule has 0 fully saturated rings. The Labute approximate surface area is 127 Å². The lowest BCUT2D eigenvalue weighted by molar-refractivity contribution is 0.594. The van der Waals surface area contributed by atoms with Crippen LogP contribution in [0.5, 0.6) is 0 Å². The van der Waals surface area contributed by atoms with Crippen LogP contribution < -0.4 is 4.31 Å². The quantitative estimate of drug-likeness (QED) is 0.866. The van der Waals surface area contributed by atoms with E-state index in [-0.39, 0.29) is 0 Å². The largest absolute Gasteiger partial charge is 0.269 e. The standard InChI is InChI=1S/C17H21NO2S/c1-12-6-7-17(15(4)9-12)21(19,20)18(5)16-10-13(2)8-14(3)11-16/h6-11H,1-5H3. The fourth-order valence-corrected chi connectivity index (χ4v) is 3.89. The summed E-state index contributed by atoms with van der Waals surface area (Å²) in [6.45, 7) is 7.72. The zero-order valence-corrected chi connectivity index (χ0v) is 14.0.